The van der Waals surface area contributed by atoms with Gasteiger partial charge in [0.25, 0.3) is 0 Å². The molecule has 0 aromatic carbocycles. The molecular formula is C9H21NOS. The Kier molecular flexibility index (Phi) is 5.76. The number of nitrogens with one attached hydrogen (secondary N) is 1. The van der Waals surface area contributed by atoms with Crippen LogP contribution in [0.3, 0.4) is 0 Å². The van der Waals surface area contributed by atoms with Crippen LogP contribution in [-0.2, 0) is 10.8 Å². The minimum Gasteiger partial charge on any atom is -0.316 e. The minimum absolute atomic E-state index is 0.250. The van der Waals surface area contributed by atoms with Gasteiger partial charge in [-0.15, -0.1) is 0 Å². The Morgan fingerprint density at radius 2 is 1.83 bits per heavy atom. The van der Waals surface area contributed by atoms with Crippen molar-refractivity contribution in [3.63, 3.8) is 0 Å². The molecule has 2 nitrogen and oxygen atoms in total. The van der Waals surface area contributed by atoms with Crippen LogP contribution in [-0.4, -0.2) is 27.8 Å². The van der Waals surface area contributed by atoms with Gasteiger partial charge >= 0.3 is 0 Å². The van der Waals surface area contributed by atoms with E-state index >= 15 is 0 Å². The van der Waals surface area contributed by atoms with Gasteiger partial charge < -0.3 is 5.32 Å². The van der Waals surface area contributed by atoms with Crippen LogP contribution in [0.1, 0.15) is 34.1 Å². The summed E-state index contributed by atoms with van der Waals surface area (Å²) in [7, 11) is 1.22. The Labute approximate surface area is 78.6 Å². The predicted molar refractivity (Wildman–Crippen MR) is 55.9 cm³/mol. The van der Waals surface area contributed by atoms with E-state index in [1.165, 1.54) is 0 Å². The third-order valence-electron chi connectivity index (χ3n) is 2.21. The quantitative estimate of drug-likeness (QED) is 0.714. The van der Waals surface area contributed by atoms with Crippen molar-refractivity contribution < 1.29 is 4.21 Å². The van der Waals surface area contributed by atoms with E-state index < -0.39 is 10.8 Å². The van der Waals surface area contributed by atoms with Crippen molar-refractivity contribution in [2.45, 2.75) is 50.7 Å². The molecule has 0 aromatic rings. The molecule has 0 rings (SSSR count). The van der Waals surface area contributed by atoms with E-state index in [-0.39, 0.29) is 10.5 Å². The van der Waals surface area contributed by atoms with Crippen LogP contribution < -0.4 is 5.32 Å². The molecule has 3 unspecified atom stereocenters. The van der Waals surface area contributed by atoms with Gasteiger partial charge in [0.05, 0.1) is 0 Å². The molecule has 12 heavy (non-hydrogen) atoms. The summed E-state index contributed by atoms with van der Waals surface area (Å²) in [5.74, 6) is 0. The van der Waals surface area contributed by atoms with E-state index in [9.17, 15) is 4.21 Å². The van der Waals surface area contributed by atoms with E-state index in [0.29, 0.717) is 6.04 Å². The summed E-state index contributed by atoms with van der Waals surface area (Å²) in [4.78, 5) is 0. The highest BCUT2D eigenvalue weighted by atomic mass is 32.2. The molecule has 0 bridgehead atoms. The fourth-order valence-electron chi connectivity index (χ4n) is 1.36. The van der Waals surface area contributed by atoms with Crippen molar-refractivity contribution in [2.24, 2.45) is 0 Å². The summed E-state index contributed by atoms with van der Waals surface area (Å²) in [6, 6.07) is 0.383. The van der Waals surface area contributed by atoms with Crippen molar-refractivity contribution >= 4 is 10.8 Å². The molecule has 0 fully saturated rings. The van der Waals surface area contributed by atoms with E-state index in [1.54, 1.807) is 0 Å². The maximum Gasteiger partial charge on any atom is 0.0475 e. The van der Waals surface area contributed by atoms with Crippen molar-refractivity contribution in [1.82, 2.24) is 5.32 Å². The number of hydrogen-bond donors (Lipinski definition) is 1. The number of hydrogen-bond acceptors (Lipinski definition) is 2. The topological polar surface area (TPSA) is 29.1 Å². The van der Waals surface area contributed by atoms with Crippen molar-refractivity contribution in [3.8, 4) is 0 Å². The Hall–Kier alpha value is 0.110. The molecule has 0 radical (unpaired) electrons. The first kappa shape index (κ1) is 12.1. The molecule has 0 aliphatic carbocycles. The molecule has 1 N–H and O–H groups in total. The number of rotatable bonds is 5. The first-order chi connectivity index (χ1) is 5.54. The lowest BCUT2D eigenvalue weighted by Crippen LogP contribution is -2.39. The van der Waals surface area contributed by atoms with Crippen molar-refractivity contribution in [3.05, 3.63) is 0 Å². The van der Waals surface area contributed by atoms with Crippen LogP contribution in [0.25, 0.3) is 0 Å². The molecule has 0 amide bonds. The fourth-order valence-corrected chi connectivity index (χ4v) is 2.87. The van der Waals surface area contributed by atoms with Crippen LogP contribution in [0.15, 0.2) is 0 Å². The summed E-state index contributed by atoms with van der Waals surface area (Å²) < 4.78 is 11.7. The van der Waals surface area contributed by atoms with Gasteiger partial charge in [-0.1, -0.05) is 20.8 Å². The lowest BCUT2D eigenvalue weighted by molar-refractivity contribution is 0.527. The zero-order valence-corrected chi connectivity index (χ0v) is 9.57. The van der Waals surface area contributed by atoms with E-state index in [1.807, 2.05) is 20.9 Å². The lowest BCUT2D eigenvalue weighted by Gasteiger charge is -2.23. The average molecular weight is 191 g/mol. The first-order valence-corrected chi connectivity index (χ1v) is 5.88. The first-order valence-electron chi connectivity index (χ1n) is 4.61. The van der Waals surface area contributed by atoms with Gasteiger partial charge in [-0.25, -0.2) is 0 Å². The Morgan fingerprint density at radius 1 is 1.33 bits per heavy atom. The molecule has 3 heteroatoms. The third kappa shape index (κ3) is 3.23. The van der Waals surface area contributed by atoms with Gasteiger partial charge in [-0.3, -0.25) is 4.21 Å². The van der Waals surface area contributed by atoms with E-state index in [2.05, 4.69) is 19.2 Å². The van der Waals surface area contributed by atoms with Crippen LogP contribution in [0, 0.1) is 0 Å². The highest BCUT2D eigenvalue weighted by Gasteiger charge is 2.21. The Balaban J connectivity index is 4.15. The molecule has 0 aromatic heterocycles. The molecule has 74 valence electrons. The highest BCUT2D eigenvalue weighted by molar-refractivity contribution is 7.86. The molecule has 0 saturated carbocycles. The summed E-state index contributed by atoms with van der Waals surface area (Å²) in [5, 5.41) is 3.71. The van der Waals surface area contributed by atoms with E-state index in [0.717, 1.165) is 6.42 Å². The van der Waals surface area contributed by atoms with Gasteiger partial charge in [-0.05, 0) is 20.4 Å². The van der Waals surface area contributed by atoms with Gasteiger partial charge in [0.1, 0.15) is 0 Å². The van der Waals surface area contributed by atoms with E-state index in [4.69, 9.17) is 0 Å². The second kappa shape index (κ2) is 5.70. The average Bonchev–Trinajstić information content (AvgIpc) is 2.05. The molecule has 0 aliphatic heterocycles. The van der Waals surface area contributed by atoms with Gasteiger partial charge in [0.2, 0.25) is 0 Å². The zero-order valence-electron chi connectivity index (χ0n) is 8.76. The molecule has 0 heterocycles. The molecule has 0 spiro atoms. The van der Waals surface area contributed by atoms with Crippen LogP contribution in [0.2, 0.25) is 0 Å². The van der Waals surface area contributed by atoms with Crippen LogP contribution >= 0.6 is 0 Å². The monoisotopic (exact) mass is 191 g/mol. The third-order valence-corrected chi connectivity index (χ3v) is 4.20. The highest BCUT2D eigenvalue weighted by Crippen LogP contribution is 2.09. The largest absolute Gasteiger partial charge is 0.316 e. The molecule has 0 aliphatic rings. The molecular weight excluding hydrogens is 170 g/mol. The smallest absolute Gasteiger partial charge is 0.0475 e. The summed E-state index contributed by atoms with van der Waals surface area (Å²) in [6.07, 6.45) is 1.04. The van der Waals surface area contributed by atoms with Gasteiger partial charge in [0, 0.05) is 27.3 Å². The van der Waals surface area contributed by atoms with Crippen LogP contribution in [0.4, 0.5) is 0 Å². The molecule has 0 saturated heterocycles. The van der Waals surface area contributed by atoms with Crippen LogP contribution in [0.5, 0.6) is 0 Å². The maximum absolute atomic E-state index is 11.7. The normalized spacial score (nSPS) is 19.2. The van der Waals surface area contributed by atoms with Crippen molar-refractivity contribution in [2.75, 3.05) is 7.05 Å². The summed E-state index contributed by atoms with van der Waals surface area (Å²) in [6.45, 7) is 8.19. The fraction of sp³-hybridized carbons (Fsp3) is 1.00. The second-order valence-corrected chi connectivity index (χ2v) is 5.73. The van der Waals surface area contributed by atoms with Gasteiger partial charge in [-0.2, -0.15) is 0 Å². The van der Waals surface area contributed by atoms with Gasteiger partial charge in [0.15, 0.2) is 0 Å². The zero-order chi connectivity index (χ0) is 9.72. The standard InChI is InChI=1S/C9H21NOS/c1-6-9(10-5)8(4)12(11)7(2)3/h7-10H,6H2,1-5H3. The lowest BCUT2D eigenvalue weighted by atomic mass is 10.2. The second-order valence-electron chi connectivity index (χ2n) is 3.39. The Bertz CT molecular complexity index is 143. The SMILES string of the molecule is CCC(NC)C(C)S(=O)C(C)C. The maximum atomic E-state index is 11.7. The summed E-state index contributed by atoms with van der Waals surface area (Å²) >= 11 is 0. The molecule has 3 atom stereocenters. The Morgan fingerprint density at radius 3 is 2.08 bits per heavy atom. The minimum atomic E-state index is -0.709. The summed E-state index contributed by atoms with van der Waals surface area (Å²) in [5.41, 5.74) is 0. The predicted octanol–water partition coefficient (Wildman–Crippen LogP) is 1.53. The van der Waals surface area contributed by atoms with Crippen molar-refractivity contribution in [1.29, 1.82) is 0 Å².